The third-order valence-electron chi connectivity index (χ3n) is 6.28. The summed E-state index contributed by atoms with van der Waals surface area (Å²) in [5.74, 6) is 0.656. The van der Waals surface area contributed by atoms with Gasteiger partial charge in [-0.15, -0.1) is 0 Å². The molecule has 5 rings (SSSR count). The normalized spacial score (nSPS) is 15.2. The average molecular weight is 443 g/mol. The summed E-state index contributed by atoms with van der Waals surface area (Å²) in [7, 11) is 0. The van der Waals surface area contributed by atoms with E-state index in [1.807, 2.05) is 42.5 Å². The Labute approximate surface area is 191 Å². The van der Waals surface area contributed by atoms with Crippen LogP contribution >= 0.6 is 0 Å². The summed E-state index contributed by atoms with van der Waals surface area (Å²) in [5, 5.41) is 7.11. The Hall–Kier alpha value is -3.87. The zero-order valence-electron chi connectivity index (χ0n) is 18.3. The van der Waals surface area contributed by atoms with Crippen molar-refractivity contribution in [2.75, 3.05) is 0 Å². The first-order valence-electron chi connectivity index (χ1n) is 11.2. The summed E-state index contributed by atoms with van der Waals surface area (Å²) in [4.78, 5) is 29.7. The zero-order chi connectivity index (χ0) is 22.6. The van der Waals surface area contributed by atoms with Gasteiger partial charge in [0.25, 0.3) is 0 Å². The van der Waals surface area contributed by atoms with Gasteiger partial charge in [0.2, 0.25) is 11.8 Å². The SMILES string of the molecule is O=C(Cn1c2c(c3ccccc31)CC(C(=O)NCc1ccco1)CC2)NCc1cccnc1. The van der Waals surface area contributed by atoms with Crippen LogP contribution in [0.4, 0.5) is 0 Å². The van der Waals surface area contributed by atoms with Crippen molar-refractivity contribution in [3.05, 3.63) is 89.8 Å². The molecule has 1 atom stereocenters. The minimum Gasteiger partial charge on any atom is -0.467 e. The molecule has 2 N–H and O–H groups in total. The molecular formula is C26H26N4O3. The van der Waals surface area contributed by atoms with Crippen molar-refractivity contribution in [1.29, 1.82) is 0 Å². The van der Waals surface area contributed by atoms with Gasteiger partial charge in [-0.3, -0.25) is 14.6 Å². The van der Waals surface area contributed by atoms with Gasteiger partial charge in [0.15, 0.2) is 0 Å². The predicted molar refractivity (Wildman–Crippen MR) is 124 cm³/mol. The fourth-order valence-electron chi connectivity index (χ4n) is 4.64. The Bertz CT molecular complexity index is 1260. The summed E-state index contributed by atoms with van der Waals surface area (Å²) in [5.41, 5.74) is 4.34. The fourth-order valence-corrected chi connectivity index (χ4v) is 4.64. The van der Waals surface area contributed by atoms with E-state index in [9.17, 15) is 9.59 Å². The van der Waals surface area contributed by atoms with Crippen LogP contribution in [0.1, 0.15) is 29.0 Å². The number of nitrogens with zero attached hydrogens (tertiary/aromatic N) is 2. The Morgan fingerprint density at radius 1 is 1.06 bits per heavy atom. The maximum absolute atomic E-state index is 12.8. The van der Waals surface area contributed by atoms with E-state index in [1.165, 1.54) is 5.56 Å². The Morgan fingerprint density at radius 2 is 1.97 bits per heavy atom. The molecule has 7 heteroatoms. The lowest BCUT2D eigenvalue weighted by Crippen LogP contribution is -2.34. The van der Waals surface area contributed by atoms with E-state index < -0.39 is 0 Å². The Kier molecular flexibility index (Phi) is 5.93. The van der Waals surface area contributed by atoms with Crippen LogP contribution in [0, 0.1) is 5.92 Å². The standard InChI is InChI=1S/C26H26N4O3/c31-25(28-15-18-5-3-11-27-14-18)17-30-23-8-2-1-7-21(23)22-13-19(9-10-24(22)30)26(32)29-16-20-6-4-12-33-20/h1-8,11-12,14,19H,9-10,13,15-17H2,(H,28,31)(H,29,32). The molecule has 1 unspecified atom stereocenters. The lowest BCUT2D eigenvalue weighted by molar-refractivity contribution is -0.125. The number of para-hydroxylation sites is 1. The maximum Gasteiger partial charge on any atom is 0.240 e. The molecule has 4 aromatic rings. The molecule has 0 fully saturated rings. The van der Waals surface area contributed by atoms with E-state index in [0.717, 1.165) is 40.8 Å². The fraction of sp³-hybridized carbons (Fsp3) is 0.269. The number of carbonyl (C=O) groups is 2. The van der Waals surface area contributed by atoms with Crippen molar-refractivity contribution in [3.63, 3.8) is 0 Å². The number of pyridine rings is 1. The smallest absolute Gasteiger partial charge is 0.240 e. The molecule has 1 aliphatic carbocycles. The second-order valence-electron chi connectivity index (χ2n) is 8.40. The first-order chi connectivity index (χ1) is 16.2. The number of fused-ring (bicyclic) bond motifs is 3. The van der Waals surface area contributed by atoms with Gasteiger partial charge in [-0.2, -0.15) is 0 Å². The van der Waals surface area contributed by atoms with Crippen molar-refractivity contribution >= 4 is 22.7 Å². The summed E-state index contributed by atoms with van der Waals surface area (Å²) < 4.78 is 7.43. The lowest BCUT2D eigenvalue weighted by atomic mass is 9.85. The molecule has 2 amide bonds. The van der Waals surface area contributed by atoms with Crippen LogP contribution in [-0.4, -0.2) is 21.4 Å². The van der Waals surface area contributed by atoms with Crippen LogP contribution in [0.2, 0.25) is 0 Å². The molecule has 0 bridgehead atoms. The highest BCUT2D eigenvalue weighted by molar-refractivity contribution is 5.89. The van der Waals surface area contributed by atoms with Crippen LogP contribution in [0.3, 0.4) is 0 Å². The van der Waals surface area contributed by atoms with Gasteiger partial charge in [0, 0.05) is 41.5 Å². The molecule has 0 saturated heterocycles. The highest BCUT2D eigenvalue weighted by Crippen LogP contribution is 2.34. The Balaban J connectivity index is 1.31. The highest BCUT2D eigenvalue weighted by atomic mass is 16.3. The topological polar surface area (TPSA) is 89.2 Å². The van der Waals surface area contributed by atoms with E-state index in [-0.39, 0.29) is 24.3 Å². The second kappa shape index (κ2) is 9.32. The lowest BCUT2D eigenvalue weighted by Gasteiger charge is -2.23. The molecule has 1 aromatic carbocycles. The van der Waals surface area contributed by atoms with Gasteiger partial charge in [0.05, 0.1) is 12.8 Å². The molecule has 3 aromatic heterocycles. The molecule has 0 radical (unpaired) electrons. The van der Waals surface area contributed by atoms with Gasteiger partial charge in [-0.05, 0) is 54.7 Å². The van der Waals surface area contributed by atoms with E-state index in [1.54, 1.807) is 18.7 Å². The first-order valence-corrected chi connectivity index (χ1v) is 11.2. The minimum atomic E-state index is -0.0916. The molecule has 0 saturated carbocycles. The van der Waals surface area contributed by atoms with E-state index in [0.29, 0.717) is 19.5 Å². The predicted octanol–water partition coefficient (Wildman–Crippen LogP) is 3.37. The summed E-state index contributed by atoms with van der Waals surface area (Å²) >= 11 is 0. The second-order valence-corrected chi connectivity index (χ2v) is 8.40. The summed E-state index contributed by atoms with van der Waals surface area (Å²) in [6.07, 6.45) is 7.27. The van der Waals surface area contributed by atoms with Crippen molar-refractivity contribution in [2.45, 2.75) is 38.9 Å². The monoisotopic (exact) mass is 442 g/mol. The van der Waals surface area contributed by atoms with Crippen molar-refractivity contribution < 1.29 is 14.0 Å². The number of rotatable bonds is 7. The number of nitrogens with one attached hydrogen (secondary N) is 2. The maximum atomic E-state index is 12.8. The molecule has 33 heavy (non-hydrogen) atoms. The van der Waals surface area contributed by atoms with Gasteiger partial charge in [-0.25, -0.2) is 0 Å². The molecular weight excluding hydrogens is 416 g/mol. The average Bonchev–Trinajstić information content (AvgIpc) is 3.48. The quantitative estimate of drug-likeness (QED) is 0.459. The number of amides is 2. The molecule has 0 spiro atoms. The van der Waals surface area contributed by atoms with Gasteiger partial charge < -0.3 is 19.6 Å². The number of carbonyl (C=O) groups excluding carboxylic acids is 2. The molecule has 3 heterocycles. The van der Waals surface area contributed by atoms with Crippen LogP contribution in [0.25, 0.3) is 10.9 Å². The third-order valence-corrected chi connectivity index (χ3v) is 6.28. The van der Waals surface area contributed by atoms with Gasteiger partial charge in [0.1, 0.15) is 12.3 Å². The van der Waals surface area contributed by atoms with Crippen molar-refractivity contribution in [2.24, 2.45) is 5.92 Å². The number of hydrogen-bond acceptors (Lipinski definition) is 4. The van der Waals surface area contributed by atoms with Crippen LogP contribution < -0.4 is 10.6 Å². The molecule has 168 valence electrons. The van der Waals surface area contributed by atoms with Crippen LogP contribution in [0.5, 0.6) is 0 Å². The largest absolute Gasteiger partial charge is 0.467 e. The zero-order valence-corrected chi connectivity index (χ0v) is 18.3. The van der Waals surface area contributed by atoms with Crippen molar-refractivity contribution in [1.82, 2.24) is 20.2 Å². The number of furan rings is 1. The number of hydrogen-bond donors (Lipinski definition) is 2. The summed E-state index contributed by atoms with van der Waals surface area (Å²) in [6, 6.07) is 15.6. The molecule has 0 aliphatic heterocycles. The van der Waals surface area contributed by atoms with Gasteiger partial charge >= 0.3 is 0 Å². The number of benzene rings is 1. The highest BCUT2D eigenvalue weighted by Gasteiger charge is 2.29. The van der Waals surface area contributed by atoms with Crippen LogP contribution in [-0.2, 0) is 42.1 Å². The van der Waals surface area contributed by atoms with E-state index in [4.69, 9.17) is 4.42 Å². The molecule has 7 nitrogen and oxygen atoms in total. The Morgan fingerprint density at radius 3 is 2.79 bits per heavy atom. The number of aromatic nitrogens is 2. The van der Waals surface area contributed by atoms with E-state index in [2.05, 4.69) is 26.3 Å². The van der Waals surface area contributed by atoms with Crippen LogP contribution in [0.15, 0.2) is 71.6 Å². The third kappa shape index (κ3) is 4.53. The van der Waals surface area contributed by atoms with Gasteiger partial charge in [-0.1, -0.05) is 24.3 Å². The molecule has 1 aliphatic rings. The van der Waals surface area contributed by atoms with Crippen molar-refractivity contribution in [3.8, 4) is 0 Å². The first kappa shape index (κ1) is 21.0. The summed E-state index contributed by atoms with van der Waals surface area (Å²) in [6.45, 7) is 1.10. The van der Waals surface area contributed by atoms with E-state index >= 15 is 0 Å². The minimum absolute atomic E-state index is 0.0410.